The molecule has 19 heavy (non-hydrogen) atoms. The van der Waals surface area contributed by atoms with Crippen LogP contribution in [-0.4, -0.2) is 22.7 Å². The lowest BCUT2D eigenvalue weighted by molar-refractivity contribution is 0.412. The molecule has 1 heterocycles. The second kappa shape index (κ2) is 5.65. The predicted octanol–water partition coefficient (Wildman–Crippen LogP) is 3.77. The summed E-state index contributed by atoms with van der Waals surface area (Å²) < 4.78 is 8.21. The van der Waals surface area contributed by atoms with Crippen LogP contribution in [0.1, 0.15) is 19.5 Å². The van der Waals surface area contributed by atoms with Crippen molar-refractivity contribution in [2.24, 2.45) is 0 Å². The number of anilines is 1. The van der Waals surface area contributed by atoms with Crippen LogP contribution in [0.5, 0.6) is 5.75 Å². The lowest BCUT2D eigenvalue weighted by Crippen LogP contribution is -2.13. The van der Waals surface area contributed by atoms with Gasteiger partial charge in [-0.15, -0.1) is 0 Å². The van der Waals surface area contributed by atoms with Crippen molar-refractivity contribution in [3.8, 4) is 11.4 Å². The van der Waals surface area contributed by atoms with Gasteiger partial charge in [0, 0.05) is 17.9 Å². The minimum Gasteiger partial charge on any atom is -0.496 e. The van der Waals surface area contributed by atoms with Crippen molar-refractivity contribution < 1.29 is 4.74 Å². The highest BCUT2D eigenvalue weighted by molar-refractivity contribution is 9.10. The fraction of sp³-hybridized carbons (Fsp3) is 0.357. The smallest absolute Gasteiger partial charge is 0.207 e. The second-order valence-electron chi connectivity index (χ2n) is 4.69. The fourth-order valence-electron chi connectivity index (χ4n) is 1.86. The number of methoxy groups -OCH3 is 1. The molecule has 0 aliphatic carbocycles. The third-order valence-corrected chi connectivity index (χ3v) is 3.28. The van der Waals surface area contributed by atoms with Gasteiger partial charge in [-0.05, 0) is 54.9 Å². The van der Waals surface area contributed by atoms with Crippen molar-refractivity contribution in [3.05, 3.63) is 34.6 Å². The van der Waals surface area contributed by atoms with Crippen LogP contribution in [0, 0.1) is 6.92 Å². The zero-order valence-corrected chi connectivity index (χ0v) is 13.2. The first-order valence-electron chi connectivity index (χ1n) is 6.17. The van der Waals surface area contributed by atoms with Crippen molar-refractivity contribution in [2.75, 3.05) is 12.4 Å². The maximum atomic E-state index is 5.25. The molecule has 0 unspecified atom stereocenters. The summed E-state index contributed by atoms with van der Waals surface area (Å²) in [6.07, 6.45) is 2.01. The van der Waals surface area contributed by atoms with E-state index >= 15 is 0 Å². The van der Waals surface area contributed by atoms with E-state index in [0.717, 1.165) is 27.6 Å². The van der Waals surface area contributed by atoms with Crippen molar-refractivity contribution in [2.45, 2.75) is 26.8 Å². The summed E-state index contributed by atoms with van der Waals surface area (Å²) in [7, 11) is 1.66. The molecule has 0 amide bonds. The molecule has 1 N–H and O–H groups in total. The first-order valence-corrected chi connectivity index (χ1v) is 6.97. The number of aromatic nitrogens is 2. The lowest BCUT2D eigenvalue weighted by Gasteiger charge is -2.13. The Morgan fingerprint density at radius 3 is 2.68 bits per heavy atom. The number of halogens is 1. The Morgan fingerprint density at radius 2 is 2.11 bits per heavy atom. The Kier molecular flexibility index (Phi) is 4.14. The molecule has 2 rings (SSSR count). The molecule has 0 saturated heterocycles. The molecule has 2 aromatic rings. The Balaban J connectivity index is 2.43. The molecule has 1 aromatic heterocycles. The highest BCUT2D eigenvalue weighted by atomic mass is 79.9. The Bertz CT molecular complexity index is 578. The number of ether oxygens (including phenoxy) is 1. The summed E-state index contributed by atoms with van der Waals surface area (Å²) in [4.78, 5) is 4.50. The molecule has 0 fully saturated rings. The maximum Gasteiger partial charge on any atom is 0.207 e. The maximum absolute atomic E-state index is 5.25. The van der Waals surface area contributed by atoms with Gasteiger partial charge in [0.05, 0.1) is 17.3 Å². The standard InChI is InChI=1S/C14H18BrN3O/c1-9(2)16-14-17-10(3)8-18(14)11-5-6-13(19-4)12(15)7-11/h5-9H,1-4H3,(H,16,17). The number of benzene rings is 1. The van der Waals surface area contributed by atoms with E-state index in [4.69, 9.17) is 4.74 Å². The molecule has 5 heteroatoms. The van der Waals surface area contributed by atoms with Gasteiger partial charge < -0.3 is 10.1 Å². The average molecular weight is 324 g/mol. The van der Waals surface area contributed by atoms with Crippen molar-refractivity contribution in [1.82, 2.24) is 9.55 Å². The molecular formula is C14H18BrN3O. The lowest BCUT2D eigenvalue weighted by atomic mass is 10.3. The molecule has 102 valence electrons. The third-order valence-electron chi connectivity index (χ3n) is 2.66. The molecule has 0 spiro atoms. The molecule has 0 atom stereocenters. The molecule has 0 aliphatic heterocycles. The van der Waals surface area contributed by atoms with Crippen LogP contribution in [0.25, 0.3) is 5.69 Å². The van der Waals surface area contributed by atoms with E-state index in [-0.39, 0.29) is 0 Å². The number of hydrogen-bond donors (Lipinski definition) is 1. The topological polar surface area (TPSA) is 39.1 Å². The molecule has 4 nitrogen and oxygen atoms in total. The SMILES string of the molecule is COc1ccc(-n2cc(C)nc2NC(C)C)cc1Br. The van der Waals surface area contributed by atoms with Crippen molar-refractivity contribution >= 4 is 21.9 Å². The number of imidazole rings is 1. The van der Waals surface area contributed by atoms with Crippen LogP contribution < -0.4 is 10.1 Å². The van der Waals surface area contributed by atoms with Gasteiger partial charge in [-0.1, -0.05) is 0 Å². The highest BCUT2D eigenvalue weighted by Crippen LogP contribution is 2.28. The van der Waals surface area contributed by atoms with E-state index in [2.05, 4.69) is 40.1 Å². The first kappa shape index (κ1) is 13.9. The summed E-state index contributed by atoms with van der Waals surface area (Å²) >= 11 is 3.51. The number of hydrogen-bond acceptors (Lipinski definition) is 3. The summed E-state index contributed by atoms with van der Waals surface area (Å²) in [5.41, 5.74) is 2.02. The zero-order valence-electron chi connectivity index (χ0n) is 11.6. The minimum absolute atomic E-state index is 0.335. The quantitative estimate of drug-likeness (QED) is 0.930. The van der Waals surface area contributed by atoms with E-state index in [9.17, 15) is 0 Å². The van der Waals surface area contributed by atoms with Gasteiger partial charge in [-0.3, -0.25) is 4.57 Å². The molecule has 0 radical (unpaired) electrons. The highest BCUT2D eigenvalue weighted by Gasteiger charge is 2.10. The van der Waals surface area contributed by atoms with Gasteiger partial charge in [0.1, 0.15) is 5.75 Å². The Hall–Kier alpha value is -1.49. The van der Waals surface area contributed by atoms with E-state index < -0.39 is 0 Å². The molecule has 0 bridgehead atoms. The van der Waals surface area contributed by atoms with E-state index in [1.54, 1.807) is 7.11 Å². The molecule has 1 aromatic carbocycles. The van der Waals surface area contributed by atoms with Crippen LogP contribution >= 0.6 is 15.9 Å². The van der Waals surface area contributed by atoms with Crippen molar-refractivity contribution in [1.29, 1.82) is 0 Å². The molecular weight excluding hydrogens is 306 g/mol. The monoisotopic (exact) mass is 323 g/mol. The van der Waals surface area contributed by atoms with Crippen LogP contribution in [0.4, 0.5) is 5.95 Å². The van der Waals surface area contributed by atoms with Crippen LogP contribution in [0.3, 0.4) is 0 Å². The summed E-state index contributed by atoms with van der Waals surface area (Å²) in [5, 5.41) is 3.35. The van der Waals surface area contributed by atoms with Crippen LogP contribution in [-0.2, 0) is 0 Å². The molecule has 0 aliphatic rings. The number of nitrogens with zero attached hydrogens (tertiary/aromatic N) is 2. The van der Waals surface area contributed by atoms with Gasteiger partial charge >= 0.3 is 0 Å². The largest absolute Gasteiger partial charge is 0.496 e. The van der Waals surface area contributed by atoms with Gasteiger partial charge in [0.2, 0.25) is 5.95 Å². The van der Waals surface area contributed by atoms with Gasteiger partial charge in [0.25, 0.3) is 0 Å². The number of aryl methyl sites for hydroxylation is 1. The normalized spacial score (nSPS) is 10.8. The van der Waals surface area contributed by atoms with E-state index in [0.29, 0.717) is 6.04 Å². The third kappa shape index (κ3) is 3.10. The number of nitrogens with one attached hydrogen (secondary N) is 1. The fourth-order valence-corrected chi connectivity index (χ4v) is 2.39. The van der Waals surface area contributed by atoms with Gasteiger partial charge in [-0.25, -0.2) is 4.98 Å². The van der Waals surface area contributed by atoms with Crippen LogP contribution in [0.15, 0.2) is 28.9 Å². The summed E-state index contributed by atoms with van der Waals surface area (Å²) in [6.45, 7) is 6.18. The predicted molar refractivity (Wildman–Crippen MR) is 81.3 cm³/mol. The van der Waals surface area contributed by atoms with Gasteiger partial charge in [0.15, 0.2) is 0 Å². The summed E-state index contributed by atoms with van der Waals surface area (Å²) in [6, 6.07) is 6.30. The van der Waals surface area contributed by atoms with Crippen LogP contribution in [0.2, 0.25) is 0 Å². The molecule has 0 saturated carbocycles. The number of rotatable bonds is 4. The van der Waals surface area contributed by atoms with E-state index in [1.807, 2.05) is 35.9 Å². The second-order valence-corrected chi connectivity index (χ2v) is 5.55. The van der Waals surface area contributed by atoms with Gasteiger partial charge in [-0.2, -0.15) is 0 Å². The van der Waals surface area contributed by atoms with Crippen molar-refractivity contribution in [3.63, 3.8) is 0 Å². The first-order chi connectivity index (χ1) is 9.01. The minimum atomic E-state index is 0.335. The Labute approximate surface area is 121 Å². The zero-order chi connectivity index (χ0) is 14.0. The summed E-state index contributed by atoms with van der Waals surface area (Å²) in [5.74, 6) is 1.67. The Morgan fingerprint density at radius 1 is 1.37 bits per heavy atom. The van der Waals surface area contributed by atoms with E-state index in [1.165, 1.54) is 0 Å². The average Bonchev–Trinajstić information content (AvgIpc) is 2.69.